The average molecular weight is 117 g/mol. The van der Waals surface area contributed by atoms with Gasteiger partial charge in [0.05, 0.1) is 4.91 Å². The summed E-state index contributed by atoms with van der Waals surface area (Å²) in [6.45, 7) is 0. The van der Waals surface area contributed by atoms with Crippen LogP contribution in [0.3, 0.4) is 0 Å². The van der Waals surface area contributed by atoms with Crippen molar-refractivity contribution < 1.29 is 0 Å². The molecule has 0 radical (unpaired) electrons. The van der Waals surface area contributed by atoms with Gasteiger partial charge < -0.3 is 0 Å². The number of allylic oxidation sites excluding steroid dienone is 1. The molecule has 0 atom stereocenters. The normalized spacial score (nSPS) is 10.5. The summed E-state index contributed by atoms with van der Waals surface area (Å²) in [6, 6.07) is 1.76. The molecular formula is C3H3NS2. The van der Waals surface area contributed by atoms with Gasteiger partial charge in [0.25, 0.3) is 0 Å². The zero-order valence-electron chi connectivity index (χ0n) is 2.92. The Bertz CT molecular complexity index is 99.9. The van der Waals surface area contributed by atoms with Crippen molar-refractivity contribution in [2.75, 3.05) is 0 Å². The van der Waals surface area contributed by atoms with Crippen LogP contribution in [0.2, 0.25) is 0 Å². The largest absolute Gasteiger partial charge is 0.192 e. The van der Waals surface area contributed by atoms with Gasteiger partial charge in [-0.05, 0) is 5.41 Å². The average Bonchev–Trinajstić information content (AvgIpc) is 1.65. The summed E-state index contributed by atoms with van der Waals surface area (Å²) < 4.78 is 0. The maximum Gasteiger partial charge on any atom is 0.106 e. The third-order valence-electron chi connectivity index (χ3n) is 0.237. The predicted molar refractivity (Wildman–Crippen MR) is 31.7 cm³/mol. The first-order valence-electron chi connectivity index (χ1n) is 1.24. The Labute approximate surface area is 47.5 Å². The highest BCUT2D eigenvalue weighted by molar-refractivity contribution is 7.88. The molecule has 0 saturated heterocycles. The van der Waals surface area contributed by atoms with E-state index in [2.05, 4.69) is 25.3 Å². The molecule has 3 heteroatoms. The van der Waals surface area contributed by atoms with Crippen molar-refractivity contribution in [3.63, 3.8) is 0 Å². The van der Waals surface area contributed by atoms with Gasteiger partial charge >= 0.3 is 0 Å². The molecule has 0 rings (SSSR count). The lowest BCUT2D eigenvalue weighted by molar-refractivity contribution is 1.53. The Balaban J connectivity index is 3.61. The van der Waals surface area contributed by atoms with Gasteiger partial charge in [-0.1, -0.05) is 0 Å². The van der Waals surface area contributed by atoms with Gasteiger partial charge in [0.1, 0.15) is 6.07 Å². The van der Waals surface area contributed by atoms with Gasteiger partial charge in [-0.15, -0.1) is 25.3 Å². The lowest BCUT2D eigenvalue weighted by atomic mass is 10.7. The van der Waals surface area contributed by atoms with Gasteiger partial charge in [0.2, 0.25) is 0 Å². The molecule has 0 saturated carbocycles. The monoisotopic (exact) mass is 117 g/mol. The molecule has 0 N–H and O–H groups in total. The second-order valence-electron chi connectivity index (χ2n) is 0.626. The molecular weight excluding hydrogens is 114 g/mol. The van der Waals surface area contributed by atoms with Crippen molar-refractivity contribution in [3.05, 3.63) is 10.3 Å². The summed E-state index contributed by atoms with van der Waals surface area (Å²) in [5, 5.41) is 9.23. The van der Waals surface area contributed by atoms with E-state index in [-0.39, 0.29) is 0 Å². The fourth-order valence-electron chi connectivity index (χ4n) is 0.0289. The van der Waals surface area contributed by atoms with E-state index in [0.717, 1.165) is 0 Å². The first-order valence-corrected chi connectivity index (χ1v) is 2.21. The number of hydrogen-bond acceptors (Lipinski definition) is 3. The molecule has 0 bridgehead atoms. The number of hydrogen-bond donors (Lipinski definition) is 2. The minimum Gasteiger partial charge on any atom is -0.192 e. The van der Waals surface area contributed by atoms with E-state index < -0.39 is 0 Å². The predicted octanol–water partition coefficient (Wildman–Crippen LogP) is 1.21. The van der Waals surface area contributed by atoms with Crippen LogP contribution in [0.25, 0.3) is 0 Å². The standard InChI is InChI=1S/C3H3NS2/c4-1-3(6)2-5/h2,5-6H/b3-2-. The molecule has 0 amide bonds. The van der Waals surface area contributed by atoms with Crippen molar-refractivity contribution in [3.8, 4) is 6.07 Å². The summed E-state index contributed by atoms with van der Waals surface area (Å²) in [7, 11) is 0. The Hall–Kier alpha value is -0.0700. The van der Waals surface area contributed by atoms with Crippen molar-refractivity contribution in [2.24, 2.45) is 0 Å². The Morgan fingerprint density at radius 2 is 2.33 bits per heavy atom. The van der Waals surface area contributed by atoms with Crippen LogP contribution in [0, 0.1) is 11.3 Å². The van der Waals surface area contributed by atoms with E-state index in [1.165, 1.54) is 5.41 Å². The lowest BCUT2D eigenvalue weighted by Gasteiger charge is -1.68. The Morgan fingerprint density at radius 1 is 1.83 bits per heavy atom. The molecule has 0 aliphatic heterocycles. The smallest absolute Gasteiger partial charge is 0.106 e. The van der Waals surface area contributed by atoms with E-state index in [1.807, 2.05) is 0 Å². The molecule has 0 aliphatic rings. The fourth-order valence-corrected chi connectivity index (χ4v) is 0.0866. The molecule has 0 spiro atoms. The molecule has 1 nitrogen and oxygen atoms in total. The second kappa shape index (κ2) is 3.13. The maximum absolute atomic E-state index is 7.89. The van der Waals surface area contributed by atoms with E-state index in [4.69, 9.17) is 5.26 Å². The van der Waals surface area contributed by atoms with Crippen molar-refractivity contribution >= 4 is 25.3 Å². The lowest BCUT2D eigenvalue weighted by Crippen LogP contribution is -1.50. The topological polar surface area (TPSA) is 23.8 Å². The van der Waals surface area contributed by atoms with Crippen molar-refractivity contribution in [1.29, 1.82) is 5.26 Å². The molecule has 32 valence electrons. The molecule has 0 aromatic rings. The van der Waals surface area contributed by atoms with Gasteiger partial charge in [-0.2, -0.15) is 5.26 Å². The van der Waals surface area contributed by atoms with E-state index >= 15 is 0 Å². The highest BCUT2D eigenvalue weighted by atomic mass is 32.1. The Kier molecular flexibility index (Phi) is 3.10. The molecule has 0 heterocycles. The van der Waals surface area contributed by atoms with Crippen LogP contribution < -0.4 is 0 Å². The van der Waals surface area contributed by atoms with Crippen LogP contribution >= 0.6 is 25.3 Å². The molecule has 0 fully saturated rings. The highest BCUT2D eigenvalue weighted by Gasteiger charge is 1.73. The second-order valence-corrected chi connectivity index (χ2v) is 1.37. The van der Waals surface area contributed by atoms with Gasteiger partial charge in [-0.25, -0.2) is 0 Å². The first-order chi connectivity index (χ1) is 2.81. The van der Waals surface area contributed by atoms with E-state index in [9.17, 15) is 0 Å². The SMILES string of the molecule is N#C/C(S)=C/S. The summed E-state index contributed by atoms with van der Waals surface area (Å²) in [5.74, 6) is 0. The summed E-state index contributed by atoms with van der Waals surface area (Å²) in [6.07, 6.45) is 0. The van der Waals surface area contributed by atoms with Crippen molar-refractivity contribution in [2.45, 2.75) is 0 Å². The third-order valence-corrected chi connectivity index (χ3v) is 0.928. The number of thiol groups is 2. The minimum atomic E-state index is 0.332. The van der Waals surface area contributed by atoms with Crippen LogP contribution in [0.15, 0.2) is 10.3 Å². The zero-order chi connectivity index (χ0) is 4.99. The van der Waals surface area contributed by atoms with Gasteiger partial charge in [0, 0.05) is 0 Å². The van der Waals surface area contributed by atoms with Crippen LogP contribution in [0.1, 0.15) is 0 Å². The van der Waals surface area contributed by atoms with Crippen LogP contribution in [-0.4, -0.2) is 0 Å². The van der Waals surface area contributed by atoms with Crippen LogP contribution in [-0.2, 0) is 0 Å². The molecule has 0 aromatic heterocycles. The van der Waals surface area contributed by atoms with E-state index in [1.54, 1.807) is 6.07 Å². The van der Waals surface area contributed by atoms with Crippen LogP contribution in [0.4, 0.5) is 0 Å². The zero-order valence-corrected chi connectivity index (χ0v) is 4.71. The molecule has 0 aliphatic carbocycles. The number of rotatable bonds is 0. The highest BCUT2D eigenvalue weighted by Crippen LogP contribution is 1.96. The Morgan fingerprint density at radius 3 is 2.33 bits per heavy atom. The minimum absolute atomic E-state index is 0.332. The number of nitriles is 1. The first kappa shape index (κ1) is 5.93. The summed E-state index contributed by atoms with van der Waals surface area (Å²) >= 11 is 7.29. The summed E-state index contributed by atoms with van der Waals surface area (Å²) in [5.41, 5.74) is 0. The maximum atomic E-state index is 7.89. The number of nitrogens with zero attached hydrogens (tertiary/aromatic N) is 1. The quantitative estimate of drug-likeness (QED) is 0.361. The van der Waals surface area contributed by atoms with Crippen molar-refractivity contribution in [1.82, 2.24) is 0 Å². The van der Waals surface area contributed by atoms with Gasteiger partial charge in [-0.3, -0.25) is 0 Å². The molecule has 0 unspecified atom stereocenters. The van der Waals surface area contributed by atoms with Crippen LogP contribution in [0.5, 0.6) is 0 Å². The fraction of sp³-hybridized carbons (Fsp3) is 0. The molecule has 6 heavy (non-hydrogen) atoms. The molecule has 0 aromatic carbocycles. The summed E-state index contributed by atoms with van der Waals surface area (Å²) in [4.78, 5) is 0.332. The van der Waals surface area contributed by atoms with Gasteiger partial charge in [0.15, 0.2) is 0 Å². The third kappa shape index (κ3) is 2.18. The van der Waals surface area contributed by atoms with E-state index in [0.29, 0.717) is 4.91 Å².